The zero-order valence-corrected chi connectivity index (χ0v) is 18.6. The molecule has 0 aliphatic heterocycles. The van der Waals surface area contributed by atoms with E-state index in [1.54, 1.807) is 0 Å². The van der Waals surface area contributed by atoms with Gasteiger partial charge in [-0.05, 0) is 42.5 Å². The van der Waals surface area contributed by atoms with Crippen molar-refractivity contribution in [3.63, 3.8) is 0 Å². The highest BCUT2D eigenvalue weighted by atomic mass is 32.1. The molecule has 0 aliphatic rings. The standard InChI is InChI=1S/C27H36S/c1-3-4-5-6-7-8-9-10-11-14-24-16-19-26(20-17-24)27(28)21-18-25-15-12-13-23(2)22-25/h12-13,15-22H,3-11,14H2,1-2H3. The third kappa shape index (κ3) is 8.97. The lowest BCUT2D eigenvalue weighted by Gasteiger charge is -2.05. The SMILES string of the molecule is CCCCCCCCCCCc1ccc(C(=S)C=Cc2cccc(C)c2)cc1. The summed E-state index contributed by atoms with van der Waals surface area (Å²) in [5.74, 6) is 0. The van der Waals surface area contributed by atoms with E-state index in [2.05, 4.69) is 68.5 Å². The summed E-state index contributed by atoms with van der Waals surface area (Å²) in [6, 6.07) is 17.3. The van der Waals surface area contributed by atoms with Crippen LogP contribution in [0.2, 0.25) is 0 Å². The van der Waals surface area contributed by atoms with Crippen molar-refractivity contribution in [1.29, 1.82) is 0 Å². The monoisotopic (exact) mass is 392 g/mol. The molecule has 2 aromatic rings. The maximum absolute atomic E-state index is 5.58. The molecule has 2 rings (SSSR count). The third-order valence-electron chi connectivity index (χ3n) is 5.28. The average molecular weight is 393 g/mol. The Kier molecular flexibility index (Phi) is 10.8. The first kappa shape index (κ1) is 22.6. The van der Waals surface area contributed by atoms with E-state index in [1.807, 2.05) is 6.08 Å². The van der Waals surface area contributed by atoms with Crippen molar-refractivity contribution < 1.29 is 0 Å². The van der Waals surface area contributed by atoms with Crippen LogP contribution < -0.4 is 0 Å². The van der Waals surface area contributed by atoms with Gasteiger partial charge in [-0.15, -0.1) is 0 Å². The van der Waals surface area contributed by atoms with Gasteiger partial charge in [0.1, 0.15) is 0 Å². The van der Waals surface area contributed by atoms with E-state index in [0.717, 1.165) is 10.4 Å². The van der Waals surface area contributed by atoms with Gasteiger partial charge < -0.3 is 0 Å². The number of thiocarbonyl (C=S) groups is 1. The van der Waals surface area contributed by atoms with Gasteiger partial charge in [-0.2, -0.15) is 0 Å². The largest absolute Gasteiger partial charge is 0.0795 e. The molecular weight excluding hydrogens is 356 g/mol. The summed E-state index contributed by atoms with van der Waals surface area (Å²) in [4.78, 5) is 0.899. The van der Waals surface area contributed by atoms with E-state index in [9.17, 15) is 0 Å². The van der Waals surface area contributed by atoms with Gasteiger partial charge in [-0.25, -0.2) is 0 Å². The average Bonchev–Trinajstić information content (AvgIpc) is 2.71. The second kappa shape index (κ2) is 13.4. The van der Waals surface area contributed by atoms with Crippen LogP contribution in [0.3, 0.4) is 0 Å². The van der Waals surface area contributed by atoms with Gasteiger partial charge in [0.05, 0.1) is 0 Å². The molecule has 0 nitrogen and oxygen atoms in total. The van der Waals surface area contributed by atoms with Crippen LogP contribution in [0.4, 0.5) is 0 Å². The Morgan fingerprint density at radius 2 is 1.46 bits per heavy atom. The smallest absolute Gasteiger partial charge is 0.0449 e. The lowest BCUT2D eigenvalue weighted by molar-refractivity contribution is 0.565. The Morgan fingerprint density at radius 3 is 2.11 bits per heavy atom. The highest BCUT2D eigenvalue weighted by Crippen LogP contribution is 2.14. The fourth-order valence-corrected chi connectivity index (χ4v) is 3.72. The first-order valence-electron chi connectivity index (χ1n) is 11.1. The number of allylic oxidation sites excluding steroid dienone is 1. The van der Waals surface area contributed by atoms with Gasteiger partial charge in [0.15, 0.2) is 0 Å². The summed E-state index contributed by atoms with van der Waals surface area (Å²) < 4.78 is 0. The minimum atomic E-state index is 0.899. The van der Waals surface area contributed by atoms with Crippen LogP contribution in [0.15, 0.2) is 54.6 Å². The van der Waals surface area contributed by atoms with Gasteiger partial charge in [-0.1, -0.05) is 131 Å². The Morgan fingerprint density at radius 1 is 0.821 bits per heavy atom. The molecule has 0 radical (unpaired) electrons. The predicted octanol–water partition coefficient (Wildman–Crippen LogP) is 8.50. The zero-order chi connectivity index (χ0) is 20.0. The molecule has 0 atom stereocenters. The van der Waals surface area contributed by atoms with Crippen molar-refractivity contribution >= 4 is 23.2 Å². The number of hydrogen-bond acceptors (Lipinski definition) is 1. The van der Waals surface area contributed by atoms with Crippen molar-refractivity contribution in [2.75, 3.05) is 0 Å². The minimum absolute atomic E-state index is 0.899. The molecule has 0 aliphatic carbocycles. The molecular formula is C27H36S. The van der Waals surface area contributed by atoms with Crippen LogP contribution in [-0.4, -0.2) is 4.86 Å². The molecule has 0 fully saturated rings. The maximum Gasteiger partial charge on any atom is 0.0449 e. The van der Waals surface area contributed by atoms with Gasteiger partial charge in [0.25, 0.3) is 0 Å². The van der Waals surface area contributed by atoms with Gasteiger partial charge >= 0.3 is 0 Å². The first-order chi connectivity index (χ1) is 13.7. The highest BCUT2D eigenvalue weighted by molar-refractivity contribution is 7.81. The molecule has 0 saturated heterocycles. The van der Waals surface area contributed by atoms with Gasteiger partial charge in [0, 0.05) is 4.86 Å². The second-order valence-corrected chi connectivity index (χ2v) is 8.33. The van der Waals surface area contributed by atoms with E-state index >= 15 is 0 Å². The van der Waals surface area contributed by atoms with Gasteiger partial charge in [0.2, 0.25) is 0 Å². The number of hydrogen-bond donors (Lipinski definition) is 0. The Labute approximate surface area is 178 Å². The van der Waals surface area contributed by atoms with Crippen molar-refractivity contribution in [2.45, 2.75) is 78.1 Å². The molecule has 0 aromatic heterocycles. The van der Waals surface area contributed by atoms with E-state index in [-0.39, 0.29) is 0 Å². The van der Waals surface area contributed by atoms with Crippen LogP contribution in [0.5, 0.6) is 0 Å². The summed E-state index contributed by atoms with van der Waals surface area (Å²) in [6.45, 7) is 4.39. The van der Waals surface area contributed by atoms with Gasteiger partial charge in [-0.3, -0.25) is 0 Å². The number of aryl methyl sites for hydroxylation is 2. The number of rotatable bonds is 13. The quantitative estimate of drug-likeness (QED) is 0.142. The molecule has 0 unspecified atom stereocenters. The van der Waals surface area contributed by atoms with Crippen molar-refractivity contribution in [3.8, 4) is 0 Å². The molecule has 1 heteroatoms. The zero-order valence-electron chi connectivity index (χ0n) is 17.8. The predicted molar refractivity (Wildman–Crippen MR) is 129 cm³/mol. The summed E-state index contributed by atoms with van der Waals surface area (Å²) in [5, 5.41) is 0. The number of unbranched alkanes of at least 4 members (excludes halogenated alkanes) is 8. The molecule has 28 heavy (non-hydrogen) atoms. The van der Waals surface area contributed by atoms with Crippen molar-refractivity contribution in [1.82, 2.24) is 0 Å². The van der Waals surface area contributed by atoms with E-state index in [4.69, 9.17) is 12.2 Å². The van der Waals surface area contributed by atoms with Crippen LogP contribution in [0.1, 0.15) is 87.0 Å². The Hall–Kier alpha value is -1.73. The van der Waals surface area contributed by atoms with Crippen molar-refractivity contribution in [2.24, 2.45) is 0 Å². The fraction of sp³-hybridized carbons (Fsp3) is 0.444. The lowest BCUT2D eigenvalue weighted by Crippen LogP contribution is -1.94. The van der Waals surface area contributed by atoms with E-state index in [1.165, 1.54) is 80.9 Å². The summed E-state index contributed by atoms with van der Waals surface area (Å²) in [6.07, 6.45) is 17.8. The normalized spacial score (nSPS) is 11.2. The molecule has 0 amide bonds. The molecule has 2 aromatic carbocycles. The fourth-order valence-electron chi connectivity index (χ4n) is 3.52. The second-order valence-electron chi connectivity index (χ2n) is 7.89. The summed E-state index contributed by atoms with van der Waals surface area (Å²) in [7, 11) is 0. The lowest BCUT2D eigenvalue weighted by atomic mass is 10.0. The van der Waals surface area contributed by atoms with Crippen LogP contribution in [0, 0.1) is 6.92 Å². The number of benzene rings is 2. The molecule has 0 heterocycles. The molecule has 0 spiro atoms. The Balaban J connectivity index is 1.67. The molecule has 0 bridgehead atoms. The molecule has 0 saturated carbocycles. The highest BCUT2D eigenvalue weighted by Gasteiger charge is 1.99. The topological polar surface area (TPSA) is 0 Å². The maximum atomic E-state index is 5.58. The van der Waals surface area contributed by atoms with Crippen LogP contribution >= 0.6 is 12.2 Å². The van der Waals surface area contributed by atoms with E-state index in [0.29, 0.717) is 0 Å². The Bertz CT molecular complexity index is 724. The summed E-state index contributed by atoms with van der Waals surface area (Å²) >= 11 is 5.58. The molecule has 150 valence electrons. The van der Waals surface area contributed by atoms with E-state index < -0.39 is 0 Å². The van der Waals surface area contributed by atoms with Crippen LogP contribution in [0.25, 0.3) is 6.08 Å². The summed E-state index contributed by atoms with van der Waals surface area (Å²) in [5.41, 5.74) is 5.03. The third-order valence-corrected chi connectivity index (χ3v) is 5.65. The molecule has 0 N–H and O–H groups in total. The minimum Gasteiger partial charge on any atom is -0.0795 e. The van der Waals surface area contributed by atoms with Crippen LogP contribution in [-0.2, 0) is 6.42 Å². The first-order valence-corrected chi connectivity index (χ1v) is 11.5. The van der Waals surface area contributed by atoms with Crippen molar-refractivity contribution in [3.05, 3.63) is 76.9 Å².